The van der Waals surface area contributed by atoms with Crippen molar-refractivity contribution in [1.82, 2.24) is 4.90 Å². The second-order valence-electron chi connectivity index (χ2n) is 3.28. The molecule has 2 heterocycles. The number of carboxylic acids is 1. The molecule has 0 aromatic rings. The molecular weight excluding hydrogens is 204 g/mol. The van der Waals surface area contributed by atoms with Gasteiger partial charge in [0.2, 0.25) is 5.91 Å². The fraction of sp³-hybridized carbons (Fsp3) is 0.500. The highest BCUT2D eigenvalue weighted by atomic mass is 32.2. The Kier molecular flexibility index (Phi) is 2.04. The average molecular weight is 214 g/mol. The van der Waals surface area contributed by atoms with Gasteiger partial charge in [-0.1, -0.05) is 6.08 Å². The number of hydrogen-bond donors (Lipinski definition) is 2. The minimum absolute atomic E-state index is 0.188. The summed E-state index contributed by atoms with van der Waals surface area (Å²) in [5.74, 6) is -1.27. The number of nitrogens with two attached hydrogens (primary N) is 1. The molecule has 0 saturated carbocycles. The van der Waals surface area contributed by atoms with E-state index in [1.165, 1.54) is 16.7 Å². The zero-order chi connectivity index (χ0) is 10.5. The van der Waals surface area contributed by atoms with Gasteiger partial charge in [-0.2, -0.15) is 0 Å². The first-order chi connectivity index (χ1) is 6.57. The highest BCUT2D eigenvalue weighted by Gasteiger charge is 2.58. The zero-order valence-corrected chi connectivity index (χ0v) is 8.11. The van der Waals surface area contributed by atoms with Crippen molar-refractivity contribution in [2.24, 2.45) is 5.73 Å². The van der Waals surface area contributed by atoms with Crippen LogP contribution in [0.25, 0.3) is 0 Å². The van der Waals surface area contributed by atoms with Crippen LogP contribution in [-0.2, 0) is 9.59 Å². The molecule has 2 aliphatic rings. The Morgan fingerprint density at radius 2 is 2.36 bits per heavy atom. The maximum absolute atomic E-state index is 11.3. The van der Waals surface area contributed by atoms with Crippen molar-refractivity contribution in [3.8, 4) is 0 Å². The van der Waals surface area contributed by atoms with E-state index in [-0.39, 0.29) is 16.5 Å². The summed E-state index contributed by atoms with van der Waals surface area (Å²) in [6.07, 6.45) is 1.56. The normalized spacial score (nSPS) is 40.4. The molecule has 2 aliphatic heterocycles. The molecule has 14 heavy (non-hydrogen) atoms. The van der Waals surface area contributed by atoms with Crippen LogP contribution in [0.1, 0.15) is 0 Å². The highest BCUT2D eigenvalue weighted by molar-refractivity contribution is 8.01. The summed E-state index contributed by atoms with van der Waals surface area (Å²) in [5, 5.41) is 8.50. The largest absolute Gasteiger partial charge is 0.480 e. The van der Waals surface area contributed by atoms with Crippen molar-refractivity contribution in [1.29, 1.82) is 0 Å². The number of carbonyl (C=O) groups excluding carboxylic acids is 1. The van der Waals surface area contributed by atoms with E-state index in [0.29, 0.717) is 0 Å². The molecule has 2 rings (SSSR count). The molecule has 0 radical (unpaired) electrons. The molecule has 1 amide bonds. The molecule has 4 atom stereocenters. The van der Waals surface area contributed by atoms with Crippen molar-refractivity contribution >= 4 is 23.6 Å². The van der Waals surface area contributed by atoms with Gasteiger partial charge in [-0.3, -0.25) is 4.79 Å². The number of hydrogen-bond acceptors (Lipinski definition) is 4. The van der Waals surface area contributed by atoms with Crippen molar-refractivity contribution in [3.63, 3.8) is 0 Å². The first-order valence-corrected chi connectivity index (χ1v) is 5.11. The van der Waals surface area contributed by atoms with Crippen LogP contribution in [-0.4, -0.2) is 44.6 Å². The molecule has 3 N–H and O–H groups in total. The number of fused-ring (bicyclic) bond motifs is 1. The van der Waals surface area contributed by atoms with E-state index in [0.717, 1.165) is 0 Å². The Morgan fingerprint density at radius 3 is 2.86 bits per heavy atom. The summed E-state index contributed by atoms with van der Waals surface area (Å²) < 4.78 is 0. The van der Waals surface area contributed by atoms with Crippen LogP contribution in [0.15, 0.2) is 12.7 Å². The molecule has 0 bridgehead atoms. The zero-order valence-electron chi connectivity index (χ0n) is 7.29. The Hall–Kier alpha value is -1.01. The molecule has 0 aromatic heterocycles. The van der Waals surface area contributed by atoms with Gasteiger partial charge < -0.3 is 15.7 Å². The number of β-lactam (4-membered cyclic amide) rings is 1. The summed E-state index contributed by atoms with van der Waals surface area (Å²) in [6, 6.07) is -1.35. The highest BCUT2D eigenvalue weighted by Crippen LogP contribution is 2.43. The van der Waals surface area contributed by atoms with E-state index >= 15 is 0 Å². The van der Waals surface area contributed by atoms with E-state index in [1.807, 2.05) is 0 Å². The predicted molar refractivity (Wildman–Crippen MR) is 51.6 cm³/mol. The lowest BCUT2D eigenvalue weighted by Crippen LogP contribution is -2.68. The lowest BCUT2D eigenvalue weighted by atomic mass is 10.0. The Labute approximate surface area is 84.9 Å². The topological polar surface area (TPSA) is 83.6 Å². The van der Waals surface area contributed by atoms with E-state index in [2.05, 4.69) is 6.58 Å². The lowest BCUT2D eigenvalue weighted by Gasteiger charge is -2.41. The molecule has 2 saturated heterocycles. The monoisotopic (exact) mass is 214 g/mol. The lowest BCUT2D eigenvalue weighted by molar-refractivity contribution is -0.157. The minimum Gasteiger partial charge on any atom is -0.480 e. The van der Waals surface area contributed by atoms with Gasteiger partial charge in [0.15, 0.2) is 0 Å². The van der Waals surface area contributed by atoms with Crippen molar-refractivity contribution in [2.75, 3.05) is 0 Å². The van der Waals surface area contributed by atoms with E-state index in [9.17, 15) is 9.59 Å². The minimum atomic E-state index is -0.995. The summed E-state index contributed by atoms with van der Waals surface area (Å²) >= 11 is 1.39. The second kappa shape index (κ2) is 2.99. The van der Waals surface area contributed by atoms with Crippen LogP contribution in [0.5, 0.6) is 0 Å². The predicted octanol–water partition coefficient (Wildman–Crippen LogP) is -0.763. The molecule has 0 aliphatic carbocycles. The number of thioether (sulfide) groups is 1. The average Bonchev–Trinajstić information content (AvgIpc) is 2.52. The molecule has 2 fully saturated rings. The summed E-state index contributed by atoms with van der Waals surface area (Å²) in [4.78, 5) is 23.6. The summed E-state index contributed by atoms with van der Waals surface area (Å²) in [5.41, 5.74) is 5.55. The number of amides is 1. The van der Waals surface area contributed by atoms with Gasteiger partial charge in [0, 0.05) is 0 Å². The smallest absolute Gasteiger partial charge is 0.327 e. The Morgan fingerprint density at radius 1 is 1.71 bits per heavy atom. The number of carbonyl (C=O) groups is 2. The number of aliphatic carboxylic acids is 1. The molecule has 6 heteroatoms. The van der Waals surface area contributed by atoms with E-state index in [1.54, 1.807) is 6.08 Å². The SMILES string of the molecule is C=C[C@H]1S[C@@H]2[C@H](N)C(=O)N2C1C(=O)O. The third kappa shape index (κ3) is 1.01. The van der Waals surface area contributed by atoms with Crippen molar-refractivity contribution < 1.29 is 14.7 Å². The van der Waals surface area contributed by atoms with Crippen LogP contribution in [0.4, 0.5) is 0 Å². The van der Waals surface area contributed by atoms with Gasteiger partial charge in [-0.25, -0.2) is 4.79 Å². The standard InChI is InChI=1S/C8H10N2O3S/c1-2-3-5(8(12)13)10-6(11)4(9)7(10)14-3/h2-5,7H,1,9H2,(H,12,13)/t3-,4-,5?,7-/m1/s1. The van der Waals surface area contributed by atoms with Gasteiger partial charge in [0.1, 0.15) is 17.5 Å². The van der Waals surface area contributed by atoms with Crippen LogP contribution in [0, 0.1) is 0 Å². The quantitative estimate of drug-likeness (QED) is 0.466. The van der Waals surface area contributed by atoms with Gasteiger partial charge >= 0.3 is 5.97 Å². The van der Waals surface area contributed by atoms with Crippen LogP contribution in [0.2, 0.25) is 0 Å². The first kappa shape index (κ1) is 9.54. The molecule has 76 valence electrons. The third-order valence-corrected chi connectivity index (χ3v) is 4.08. The molecule has 0 aromatic carbocycles. The first-order valence-electron chi connectivity index (χ1n) is 4.16. The maximum Gasteiger partial charge on any atom is 0.327 e. The maximum atomic E-state index is 11.3. The van der Waals surface area contributed by atoms with Gasteiger partial charge in [-0.15, -0.1) is 18.3 Å². The van der Waals surface area contributed by atoms with Crippen molar-refractivity contribution in [3.05, 3.63) is 12.7 Å². The number of nitrogens with zero attached hydrogens (tertiary/aromatic N) is 1. The van der Waals surface area contributed by atoms with Gasteiger partial charge in [0.05, 0.1) is 5.25 Å². The Balaban J connectivity index is 2.26. The molecular formula is C8H10N2O3S. The number of rotatable bonds is 2. The fourth-order valence-electron chi connectivity index (χ4n) is 1.79. The van der Waals surface area contributed by atoms with Crippen LogP contribution >= 0.6 is 11.8 Å². The van der Waals surface area contributed by atoms with Crippen molar-refractivity contribution in [2.45, 2.75) is 22.7 Å². The van der Waals surface area contributed by atoms with Gasteiger partial charge in [-0.05, 0) is 0 Å². The van der Waals surface area contributed by atoms with E-state index < -0.39 is 18.1 Å². The summed E-state index contributed by atoms with van der Waals surface area (Å²) in [7, 11) is 0. The van der Waals surface area contributed by atoms with Gasteiger partial charge in [0.25, 0.3) is 0 Å². The molecule has 0 spiro atoms. The molecule has 1 unspecified atom stereocenters. The Bertz CT molecular complexity index is 320. The van der Waals surface area contributed by atoms with E-state index in [4.69, 9.17) is 10.8 Å². The summed E-state index contributed by atoms with van der Waals surface area (Å²) in [6.45, 7) is 3.56. The van der Waals surface area contributed by atoms with Crippen LogP contribution < -0.4 is 5.73 Å². The third-order valence-electron chi connectivity index (χ3n) is 2.51. The fourth-order valence-corrected chi connectivity index (χ4v) is 3.27. The second-order valence-corrected chi connectivity index (χ2v) is 4.58. The molecule has 5 nitrogen and oxygen atoms in total. The van der Waals surface area contributed by atoms with Crippen LogP contribution in [0.3, 0.4) is 0 Å². The number of carboxylic acid groups (broad SMARTS) is 1.